The number of methoxy groups -OCH3 is 1. The topological polar surface area (TPSA) is 52.3 Å². The van der Waals surface area contributed by atoms with Crippen molar-refractivity contribution in [3.63, 3.8) is 0 Å². The van der Waals surface area contributed by atoms with Crippen molar-refractivity contribution >= 4 is 27.4 Å². The zero-order valence-electron chi connectivity index (χ0n) is 10.5. The number of hydrogen-bond donors (Lipinski definition) is 1. The Balaban J connectivity index is 2.24. The van der Waals surface area contributed by atoms with Gasteiger partial charge in [0, 0.05) is 16.6 Å². The zero-order chi connectivity index (χ0) is 13.8. The fraction of sp³-hybridized carbons (Fsp3) is 0.133. The maximum absolute atomic E-state index is 12.3. The highest BCUT2D eigenvalue weighted by atomic mass is 79.9. The van der Waals surface area contributed by atoms with Crippen LogP contribution in [0.15, 0.2) is 46.9 Å². The highest BCUT2D eigenvalue weighted by Gasteiger charge is 2.13. The molecule has 3 nitrogen and oxygen atoms in total. The second-order valence-electron chi connectivity index (χ2n) is 4.19. The van der Waals surface area contributed by atoms with Gasteiger partial charge in [0.2, 0.25) is 0 Å². The average Bonchev–Trinajstić information content (AvgIpc) is 2.41. The molecule has 0 aliphatic rings. The molecular weight excluding hydrogens is 306 g/mol. The summed E-state index contributed by atoms with van der Waals surface area (Å²) in [6.45, 7) is 0. The van der Waals surface area contributed by atoms with Crippen LogP contribution in [0.1, 0.15) is 15.9 Å². The van der Waals surface area contributed by atoms with Crippen molar-refractivity contribution in [3.8, 4) is 5.75 Å². The Kier molecular flexibility index (Phi) is 4.22. The van der Waals surface area contributed by atoms with Crippen molar-refractivity contribution in [1.29, 1.82) is 0 Å². The van der Waals surface area contributed by atoms with E-state index in [4.69, 9.17) is 10.5 Å². The van der Waals surface area contributed by atoms with Crippen LogP contribution < -0.4 is 10.5 Å². The van der Waals surface area contributed by atoms with Gasteiger partial charge in [-0.25, -0.2) is 0 Å². The van der Waals surface area contributed by atoms with Crippen molar-refractivity contribution in [2.24, 2.45) is 0 Å². The van der Waals surface area contributed by atoms with E-state index in [-0.39, 0.29) is 5.78 Å². The molecule has 0 aliphatic carbocycles. The minimum absolute atomic E-state index is 0.00790. The Morgan fingerprint density at radius 2 is 1.89 bits per heavy atom. The largest absolute Gasteiger partial charge is 0.496 e. The molecule has 0 aliphatic heterocycles. The number of nitrogen functional groups attached to an aromatic ring is 1. The van der Waals surface area contributed by atoms with Gasteiger partial charge in [0.05, 0.1) is 12.7 Å². The fourth-order valence-corrected chi connectivity index (χ4v) is 2.09. The molecule has 0 radical (unpaired) electrons. The molecule has 4 heteroatoms. The van der Waals surface area contributed by atoms with Crippen LogP contribution in [0.3, 0.4) is 0 Å². The van der Waals surface area contributed by atoms with Crippen LogP contribution in [0.25, 0.3) is 0 Å². The molecule has 0 aromatic heterocycles. The van der Waals surface area contributed by atoms with Gasteiger partial charge in [0.1, 0.15) is 5.75 Å². The van der Waals surface area contributed by atoms with E-state index in [2.05, 4.69) is 15.9 Å². The number of halogens is 1. The molecule has 2 aromatic carbocycles. The molecule has 2 aromatic rings. The Morgan fingerprint density at radius 1 is 1.21 bits per heavy atom. The molecule has 0 atom stereocenters. The second kappa shape index (κ2) is 5.89. The van der Waals surface area contributed by atoms with Gasteiger partial charge in [0.25, 0.3) is 0 Å². The van der Waals surface area contributed by atoms with Crippen molar-refractivity contribution in [3.05, 3.63) is 58.1 Å². The SMILES string of the molecule is COc1ccc(N)cc1C(=O)Cc1ccc(Br)cc1. The first-order chi connectivity index (χ1) is 9.10. The van der Waals surface area contributed by atoms with E-state index in [1.54, 1.807) is 25.3 Å². The maximum Gasteiger partial charge on any atom is 0.171 e. The Hall–Kier alpha value is -1.81. The number of benzene rings is 2. The Bertz CT molecular complexity index is 594. The normalized spacial score (nSPS) is 10.2. The Morgan fingerprint density at radius 3 is 2.53 bits per heavy atom. The highest BCUT2D eigenvalue weighted by Crippen LogP contribution is 2.23. The summed E-state index contributed by atoms with van der Waals surface area (Å²) >= 11 is 3.37. The number of ketones is 1. The third kappa shape index (κ3) is 3.35. The maximum atomic E-state index is 12.3. The summed E-state index contributed by atoms with van der Waals surface area (Å²) < 4.78 is 6.19. The average molecular weight is 320 g/mol. The molecule has 0 amide bonds. The molecule has 0 bridgehead atoms. The van der Waals surface area contributed by atoms with Gasteiger partial charge in [-0.1, -0.05) is 28.1 Å². The number of ether oxygens (including phenoxy) is 1. The lowest BCUT2D eigenvalue weighted by Crippen LogP contribution is -2.06. The van der Waals surface area contributed by atoms with Gasteiger partial charge in [-0.3, -0.25) is 4.79 Å². The highest BCUT2D eigenvalue weighted by molar-refractivity contribution is 9.10. The van der Waals surface area contributed by atoms with Gasteiger partial charge < -0.3 is 10.5 Å². The predicted octanol–water partition coefficient (Wildman–Crippen LogP) is 3.47. The van der Waals surface area contributed by atoms with Crippen molar-refractivity contribution < 1.29 is 9.53 Å². The lowest BCUT2D eigenvalue weighted by Gasteiger charge is -2.08. The first kappa shape index (κ1) is 13.6. The zero-order valence-corrected chi connectivity index (χ0v) is 12.1. The molecule has 0 heterocycles. The monoisotopic (exact) mass is 319 g/mol. The van der Waals surface area contributed by atoms with E-state index < -0.39 is 0 Å². The standard InChI is InChI=1S/C15H14BrNO2/c1-19-15-7-6-12(17)9-13(15)14(18)8-10-2-4-11(16)5-3-10/h2-7,9H,8,17H2,1H3. The second-order valence-corrected chi connectivity index (χ2v) is 5.10. The molecule has 2 rings (SSSR count). The summed E-state index contributed by atoms with van der Waals surface area (Å²) in [5, 5.41) is 0. The van der Waals surface area contributed by atoms with Crippen LogP contribution >= 0.6 is 15.9 Å². The molecule has 98 valence electrons. The number of rotatable bonds is 4. The smallest absolute Gasteiger partial charge is 0.171 e. The molecule has 0 saturated heterocycles. The number of carbonyl (C=O) groups is 1. The summed E-state index contributed by atoms with van der Waals surface area (Å²) in [7, 11) is 1.54. The van der Waals surface area contributed by atoms with E-state index in [0.29, 0.717) is 23.4 Å². The molecule has 2 N–H and O–H groups in total. The third-order valence-corrected chi connectivity index (χ3v) is 3.33. The predicted molar refractivity (Wildman–Crippen MR) is 79.6 cm³/mol. The lowest BCUT2D eigenvalue weighted by atomic mass is 10.0. The first-order valence-corrected chi connectivity index (χ1v) is 6.60. The molecular formula is C15H14BrNO2. The summed E-state index contributed by atoms with van der Waals surface area (Å²) in [5.74, 6) is 0.544. The van der Waals surface area contributed by atoms with Crippen molar-refractivity contribution in [2.45, 2.75) is 6.42 Å². The van der Waals surface area contributed by atoms with Crippen LogP contribution in [-0.2, 0) is 6.42 Å². The number of hydrogen-bond acceptors (Lipinski definition) is 3. The van der Waals surface area contributed by atoms with E-state index in [0.717, 1.165) is 10.0 Å². The van der Waals surface area contributed by atoms with Crippen LogP contribution in [0.5, 0.6) is 5.75 Å². The van der Waals surface area contributed by atoms with E-state index >= 15 is 0 Å². The third-order valence-electron chi connectivity index (χ3n) is 2.80. The number of nitrogens with two attached hydrogens (primary N) is 1. The van der Waals surface area contributed by atoms with E-state index in [1.165, 1.54) is 0 Å². The minimum atomic E-state index is -0.00790. The Labute approximate surface area is 120 Å². The lowest BCUT2D eigenvalue weighted by molar-refractivity contribution is 0.0990. The first-order valence-electron chi connectivity index (χ1n) is 5.81. The van der Waals surface area contributed by atoms with Crippen molar-refractivity contribution in [2.75, 3.05) is 12.8 Å². The molecule has 0 unspecified atom stereocenters. The van der Waals surface area contributed by atoms with Gasteiger partial charge >= 0.3 is 0 Å². The molecule has 0 spiro atoms. The number of anilines is 1. The van der Waals surface area contributed by atoms with Crippen LogP contribution in [0.2, 0.25) is 0 Å². The summed E-state index contributed by atoms with van der Waals surface area (Å²) in [5.41, 5.74) is 7.75. The van der Waals surface area contributed by atoms with Gasteiger partial charge in [-0.2, -0.15) is 0 Å². The fourth-order valence-electron chi connectivity index (χ4n) is 1.83. The van der Waals surface area contributed by atoms with Crippen LogP contribution in [0.4, 0.5) is 5.69 Å². The quantitative estimate of drug-likeness (QED) is 0.693. The van der Waals surface area contributed by atoms with Crippen LogP contribution in [-0.4, -0.2) is 12.9 Å². The van der Waals surface area contributed by atoms with Crippen molar-refractivity contribution in [1.82, 2.24) is 0 Å². The van der Waals surface area contributed by atoms with Gasteiger partial charge in [0.15, 0.2) is 5.78 Å². The molecule has 0 fully saturated rings. The van der Waals surface area contributed by atoms with E-state index in [1.807, 2.05) is 24.3 Å². The molecule has 0 saturated carbocycles. The van der Waals surface area contributed by atoms with E-state index in [9.17, 15) is 4.79 Å². The molecule has 19 heavy (non-hydrogen) atoms. The summed E-state index contributed by atoms with van der Waals surface area (Å²) in [4.78, 5) is 12.3. The van der Waals surface area contributed by atoms with Gasteiger partial charge in [-0.15, -0.1) is 0 Å². The minimum Gasteiger partial charge on any atom is -0.496 e. The summed E-state index contributed by atoms with van der Waals surface area (Å²) in [6.07, 6.45) is 0.326. The summed E-state index contributed by atoms with van der Waals surface area (Å²) in [6, 6.07) is 12.7. The van der Waals surface area contributed by atoms with Crippen LogP contribution in [0, 0.1) is 0 Å². The number of Topliss-reactive ketones (excluding diaryl/α,β-unsaturated/α-hetero) is 1. The number of carbonyl (C=O) groups excluding carboxylic acids is 1. The van der Waals surface area contributed by atoms with Gasteiger partial charge in [-0.05, 0) is 35.9 Å².